The number of ether oxygens (including phenoxy) is 3. The molecular weight excluding hydrogens is 400 g/mol. The van der Waals surface area contributed by atoms with Crippen LogP contribution in [0.1, 0.15) is 38.1 Å². The van der Waals surface area contributed by atoms with E-state index in [1.54, 1.807) is 25.7 Å². The van der Waals surface area contributed by atoms with Crippen LogP contribution in [0.4, 0.5) is 0 Å². The average molecular weight is 429 g/mol. The average Bonchev–Trinajstić information content (AvgIpc) is 2.65. The highest BCUT2D eigenvalue weighted by atomic mass is 32.2. The Labute approximate surface area is 171 Å². The van der Waals surface area contributed by atoms with Gasteiger partial charge in [0.1, 0.15) is 10.6 Å². The minimum Gasteiger partial charge on any atom is -0.495 e. The fourth-order valence-corrected chi connectivity index (χ4v) is 4.41. The van der Waals surface area contributed by atoms with E-state index in [4.69, 9.17) is 14.2 Å². The first kappa shape index (κ1) is 23.1. The standard InChI is InChI=1S/C19H28N2O7S/c1-13(17(22)21-8-10-27-11-9-21)28-18(23)14-6-7-15(26-5)16(12-14)29(24,25)20-19(2,3)4/h6-7,12-13,20H,8-11H2,1-5H3. The van der Waals surface area contributed by atoms with Gasteiger partial charge in [0.25, 0.3) is 5.91 Å². The minimum absolute atomic E-state index is 0.00158. The van der Waals surface area contributed by atoms with E-state index in [9.17, 15) is 18.0 Å². The first-order valence-corrected chi connectivity index (χ1v) is 10.7. The fourth-order valence-electron chi connectivity index (χ4n) is 2.79. The zero-order valence-corrected chi connectivity index (χ0v) is 18.2. The summed E-state index contributed by atoms with van der Waals surface area (Å²) in [6.45, 7) is 8.34. The van der Waals surface area contributed by atoms with Gasteiger partial charge in [-0.05, 0) is 45.9 Å². The number of esters is 1. The van der Waals surface area contributed by atoms with Crippen molar-refractivity contribution >= 4 is 21.9 Å². The Balaban J connectivity index is 2.21. The number of benzene rings is 1. The summed E-state index contributed by atoms with van der Waals surface area (Å²) in [6, 6.07) is 3.95. The second-order valence-electron chi connectivity index (χ2n) is 7.71. The van der Waals surface area contributed by atoms with Crippen LogP contribution in [0.3, 0.4) is 0 Å². The normalized spacial score (nSPS) is 16.2. The number of methoxy groups -OCH3 is 1. The van der Waals surface area contributed by atoms with Crippen molar-refractivity contribution in [2.24, 2.45) is 0 Å². The van der Waals surface area contributed by atoms with Gasteiger partial charge >= 0.3 is 5.97 Å². The number of morpholine rings is 1. The first-order chi connectivity index (χ1) is 13.4. The number of sulfonamides is 1. The monoisotopic (exact) mass is 428 g/mol. The Morgan fingerprint density at radius 3 is 2.38 bits per heavy atom. The molecular formula is C19H28N2O7S. The minimum atomic E-state index is -3.95. The van der Waals surface area contributed by atoms with Crippen molar-refractivity contribution in [2.45, 2.75) is 44.2 Å². The Bertz CT molecular complexity index is 856. The zero-order chi connectivity index (χ0) is 21.8. The van der Waals surface area contributed by atoms with E-state index in [-0.39, 0.29) is 22.1 Å². The highest BCUT2D eigenvalue weighted by Gasteiger charge is 2.29. The molecule has 1 heterocycles. The molecule has 0 saturated carbocycles. The quantitative estimate of drug-likeness (QED) is 0.677. The van der Waals surface area contributed by atoms with Gasteiger partial charge in [-0.15, -0.1) is 0 Å². The van der Waals surface area contributed by atoms with Gasteiger partial charge in [0.2, 0.25) is 10.0 Å². The topological polar surface area (TPSA) is 111 Å². The molecule has 10 heteroatoms. The van der Waals surface area contributed by atoms with Crippen LogP contribution in [0.15, 0.2) is 23.1 Å². The number of carbonyl (C=O) groups is 2. The van der Waals surface area contributed by atoms with Gasteiger partial charge in [-0.25, -0.2) is 17.9 Å². The van der Waals surface area contributed by atoms with Crippen LogP contribution in [0.25, 0.3) is 0 Å². The summed E-state index contributed by atoms with van der Waals surface area (Å²) >= 11 is 0. The zero-order valence-electron chi connectivity index (χ0n) is 17.4. The molecule has 0 spiro atoms. The molecule has 29 heavy (non-hydrogen) atoms. The van der Waals surface area contributed by atoms with E-state index in [2.05, 4.69) is 4.72 Å². The van der Waals surface area contributed by atoms with Crippen LogP contribution in [0, 0.1) is 0 Å². The summed E-state index contributed by atoms with van der Waals surface area (Å²) in [6.07, 6.45) is -1.00. The molecule has 1 unspecified atom stereocenters. The molecule has 1 aliphatic heterocycles. The molecule has 1 aromatic rings. The van der Waals surface area contributed by atoms with Gasteiger partial charge in [0.15, 0.2) is 6.10 Å². The number of nitrogens with zero attached hydrogens (tertiary/aromatic N) is 1. The lowest BCUT2D eigenvalue weighted by atomic mass is 10.1. The SMILES string of the molecule is COc1ccc(C(=O)OC(C)C(=O)N2CCOCC2)cc1S(=O)(=O)NC(C)(C)C. The molecule has 1 amide bonds. The molecule has 0 aromatic heterocycles. The molecule has 1 N–H and O–H groups in total. The molecule has 1 aromatic carbocycles. The Morgan fingerprint density at radius 2 is 1.83 bits per heavy atom. The smallest absolute Gasteiger partial charge is 0.338 e. The lowest BCUT2D eigenvalue weighted by molar-refractivity contribution is -0.143. The van der Waals surface area contributed by atoms with Crippen LogP contribution < -0.4 is 9.46 Å². The maximum atomic E-state index is 12.7. The van der Waals surface area contributed by atoms with Crippen LogP contribution in [-0.4, -0.2) is 70.3 Å². The van der Waals surface area contributed by atoms with Gasteiger partial charge in [-0.3, -0.25) is 4.79 Å². The fraction of sp³-hybridized carbons (Fsp3) is 0.579. The molecule has 1 aliphatic rings. The van der Waals surface area contributed by atoms with Crippen molar-refractivity contribution in [3.05, 3.63) is 23.8 Å². The lowest BCUT2D eigenvalue weighted by Crippen LogP contribution is -2.46. The van der Waals surface area contributed by atoms with E-state index in [1.165, 1.54) is 32.2 Å². The molecule has 1 fully saturated rings. The number of nitrogens with one attached hydrogen (secondary N) is 1. The Morgan fingerprint density at radius 1 is 1.21 bits per heavy atom. The van der Waals surface area contributed by atoms with Crippen molar-refractivity contribution in [1.29, 1.82) is 0 Å². The van der Waals surface area contributed by atoms with Crippen molar-refractivity contribution in [1.82, 2.24) is 9.62 Å². The summed E-state index contributed by atoms with van der Waals surface area (Å²) in [5.41, 5.74) is -0.721. The maximum Gasteiger partial charge on any atom is 0.338 e. The third kappa shape index (κ3) is 6.15. The van der Waals surface area contributed by atoms with Gasteiger partial charge in [-0.1, -0.05) is 0 Å². The molecule has 162 valence electrons. The maximum absolute atomic E-state index is 12.7. The van der Waals surface area contributed by atoms with Crippen molar-refractivity contribution in [3.63, 3.8) is 0 Å². The summed E-state index contributed by atoms with van der Waals surface area (Å²) in [5, 5.41) is 0. The highest BCUT2D eigenvalue weighted by Crippen LogP contribution is 2.26. The Kier molecular flexibility index (Phi) is 7.25. The molecule has 0 radical (unpaired) electrons. The summed E-state index contributed by atoms with van der Waals surface area (Å²) in [5.74, 6) is -1.03. The van der Waals surface area contributed by atoms with Gasteiger partial charge in [0.05, 0.1) is 25.9 Å². The van der Waals surface area contributed by atoms with E-state index < -0.39 is 27.6 Å². The lowest BCUT2D eigenvalue weighted by Gasteiger charge is -2.29. The molecule has 9 nitrogen and oxygen atoms in total. The molecule has 1 atom stereocenters. The second-order valence-corrected chi connectivity index (χ2v) is 9.36. The van der Waals surface area contributed by atoms with Crippen LogP contribution in [-0.2, 0) is 24.3 Å². The number of amides is 1. The van der Waals surface area contributed by atoms with E-state index >= 15 is 0 Å². The van der Waals surface area contributed by atoms with Crippen LogP contribution in [0.2, 0.25) is 0 Å². The highest BCUT2D eigenvalue weighted by molar-refractivity contribution is 7.89. The molecule has 0 aliphatic carbocycles. The predicted molar refractivity (Wildman–Crippen MR) is 105 cm³/mol. The summed E-state index contributed by atoms with van der Waals surface area (Å²) < 4.78 is 43.6. The third-order valence-electron chi connectivity index (χ3n) is 4.08. The van der Waals surface area contributed by atoms with Crippen LogP contribution in [0.5, 0.6) is 5.75 Å². The third-order valence-corrected chi connectivity index (χ3v) is 5.86. The molecule has 0 bridgehead atoms. The Hall–Kier alpha value is -2.17. The van der Waals surface area contributed by atoms with Crippen LogP contribution >= 0.6 is 0 Å². The van der Waals surface area contributed by atoms with Crippen molar-refractivity contribution in [2.75, 3.05) is 33.4 Å². The number of hydrogen-bond acceptors (Lipinski definition) is 7. The number of carbonyl (C=O) groups excluding carboxylic acids is 2. The van der Waals surface area contributed by atoms with E-state index in [0.717, 1.165) is 0 Å². The molecule has 1 saturated heterocycles. The first-order valence-electron chi connectivity index (χ1n) is 9.24. The second kappa shape index (κ2) is 9.10. The van der Waals surface area contributed by atoms with Gasteiger partial charge in [0, 0.05) is 18.6 Å². The van der Waals surface area contributed by atoms with E-state index in [1.807, 2.05) is 0 Å². The van der Waals surface area contributed by atoms with E-state index in [0.29, 0.717) is 26.3 Å². The number of rotatable bonds is 6. The van der Waals surface area contributed by atoms with Crippen molar-refractivity contribution < 1.29 is 32.2 Å². The van der Waals surface area contributed by atoms with Gasteiger partial charge < -0.3 is 19.1 Å². The summed E-state index contributed by atoms with van der Waals surface area (Å²) in [4.78, 5) is 26.3. The number of hydrogen-bond donors (Lipinski definition) is 1. The van der Waals surface area contributed by atoms with Crippen molar-refractivity contribution in [3.8, 4) is 5.75 Å². The summed E-state index contributed by atoms with van der Waals surface area (Å²) in [7, 11) is -2.61. The predicted octanol–water partition coefficient (Wildman–Crippen LogP) is 1.18. The largest absolute Gasteiger partial charge is 0.495 e. The molecule has 2 rings (SSSR count). The van der Waals surface area contributed by atoms with Gasteiger partial charge in [-0.2, -0.15) is 0 Å².